The third kappa shape index (κ3) is 3.38. The van der Waals surface area contributed by atoms with Crippen LogP contribution in [0.4, 0.5) is 0 Å². The van der Waals surface area contributed by atoms with Crippen molar-refractivity contribution in [1.82, 2.24) is 14.3 Å². The lowest BCUT2D eigenvalue weighted by atomic mass is 10.3. The number of rotatable bonds is 3. The van der Waals surface area contributed by atoms with E-state index in [1.807, 2.05) is 13.8 Å². The van der Waals surface area contributed by atoms with Crippen molar-refractivity contribution >= 4 is 10.2 Å². The highest BCUT2D eigenvalue weighted by Crippen LogP contribution is 2.14. The third-order valence-corrected chi connectivity index (χ3v) is 4.71. The smallest absolute Gasteiger partial charge is 0.279 e. The molecule has 0 amide bonds. The Labute approximate surface area is 103 Å². The summed E-state index contributed by atoms with van der Waals surface area (Å²) in [4.78, 5) is 0. The Hall–Kier alpha value is -0.210. The van der Waals surface area contributed by atoms with E-state index in [-0.39, 0.29) is 18.2 Å². The van der Waals surface area contributed by atoms with E-state index in [1.165, 1.54) is 4.31 Å². The first-order valence-corrected chi connectivity index (χ1v) is 7.55. The van der Waals surface area contributed by atoms with Gasteiger partial charge in [0.15, 0.2) is 0 Å². The summed E-state index contributed by atoms with van der Waals surface area (Å²) in [7, 11) is -3.37. The lowest BCUT2D eigenvalue weighted by Gasteiger charge is -2.34. The largest absolute Gasteiger partial charge is 0.373 e. The highest BCUT2D eigenvalue weighted by Gasteiger charge is 2.32. The minimum atomic E-state index is -3.37. The molecule has 0 spiro atoms. The first-order chi connectivity index (χ1) is 7.97. The summed E-state index contributed by atoms with van der Waals surface area (Å²) in [6.07, 6.45) is 0.767. The molecule has 0 aromatic heterocycles. The van der Waals surface area contributed by atoms with Crippen molar-refractivity contribution in [3.05, 3.63) is 0 Å². The van der Waals surface area contributed by atoms with Crippen molar-refractivity contribution in [1.29, 1.82) is 0 Å². The zero-order valence-electron chi connectivity index (χ0n) is 10.3. The Balaban J connectivity index is 1.98. The molecule has 3 atom stereocenters. The molecule has 7 heteroatoms. The van der Waals surface area contributed by atoms with E-state index in [4.69, 9.17) is 4.74 Å². The molecule has 0 aliphatic carbocycles. The quantitative estimate of drug-likeness (QED) is 0.706. The molecule has 2 heterocycles. The summed E-state index contributed by atoms with van der Waals surface area (Å²) < 4.78 is 34.1. The van der Waals surface area contributed by atoms with Crippen molar-refractivity contribution in [2.45, 2.75) is 38.5 Å². The highest BCUT2D eigenvalue weighted by molar-refractivity contribution is 7.87. The molecule has 0 unspecified atom stereocenters. The molecular weight excluding hydrogens is 242 g/mol. The summed E-state index contributed by atoms with van der Waals surface area (Å²) in [5.74, 6) is 0. The molecule has 0 aromatic rings. The molecule has 100 valence electrons. The first-order valence-electron chi connectivity index (χ1n) is 6.11. The van der Waals surface area contributed by atoms with Crippen molar-refractivity contribution in [3.8, 4) is 0 Å². The van der Waals surface area contributed by atoms with Crippen LogP contribution < -0.4 is 10.0 Å². The van der Waals surface area contributed by atoms with Crippen molar-refractivity contribution < 1.29 is 13.2 Å². The van der Waals surface area contributed by atoms with Gasteiger partial charge in [0.05, 0.1) is 12.2 Å². The van der Waals surface area contributed by atoms with E-state index < -0.39 is 10.2 Å². The summed E-state index contributed by atoms with van der Waals surface area (Å²) in [6.45, 7) is 6.25. The summed E-state index contributed by atoms with van der Waals surface area (Å²) >= 11 is 0. The van der Waals surface area contributed by atoms with Crippen LogP contribution in [0.25, 0.3) is 0 Å². The molecule has 2 rings (SSSR count). The Morgan fingerprint density at radius 3 is 2.47 bits per heavy atom. The average molecular weight is 263 g/mol. The van der Waals surface area contributed by atoms with Crippen molar-refractivity contribution in [2.24, 2.45) is 0 Å². The third-order valence-electron chi connectivity index (χ3n) is 3.10. The predicted molar refractivity (Wildman–Crippen MR) is 64.9 cm³/mol. The van der Waals surface area contributed by atoms with Gasteiger partial charge in [-0.2, -0.15) is 17.4 Å². The van der Waals surface area contributed by atoms with E-state index in [1.54, 1.807) is 0 Å². The van der Waals surface area contributed by atoms with Crippen LogP contribution in [0.15, 0.2) is 0 Å². The van der Waals surface area contributed by atoms with Crippen molar-refractivity contribution in [3.63, 3.8) is 0 Å². The number of morpholine rings is 1. The van der Waals surface area contributed by atoms with Crippen LogP contribution in [0, 0.1) is 0 Å². The van der Waals surface area contributed by atoms with Gasteiger partial charge in [-0.05, 0) is 26.8 Å². The van der Waals surface area contributed by atoms with Crippen LogP contribution in [0.5, 0.6) is 0 Å². The fourth-order valence-electron chi connectivity index (χ4n) is 2.37. The molecule has 2 aliphatic heterocycles. The van der Waals surface area contributed by atoms with E-state index in [9.17, 15) is 8.42 Å². The van der Waals surface area contributed by atoms with Gasteiger partial charge < -0.3 is 10.1 Å². The fraction of sp³-hybridized carbons (Fsp3) is 1.00. The molecule has 17 heavy (non-hydrogen) atoms. The van der Waals surface area contributed by atoms with Gasteiger partial charge >= 0.3 is 0 Å². The van der Waals surface area contributed by atoms with Crippen LogP contribution in [0.2, 0.25) is 0 Å². The van der Waals surface area contributed by atoms with Gasteiger partial charge in [0.25, 0.3) is 10.2 Å². The molecular formula is C10H21N3O3S. The molecule has 6 nitrogen and oxygen atoms in total. The first kappa shape index (κ1) is 13.2. The minimum Gasteiger partial charge on any atom is -0.373 e. The molecule has 2 saturated heterocycles. The highest BCUT2D eigenvalue weighted by atomic mass is 32.2. The van der Waals surface area contributed by atoms with E-state index in [2.05, 4.69) is 10.0 Å². The molecule has 2 N–H and O–H groups in total. The Bertz CT molecular complexity index is 344. The molecule has 0 saturated carbocycles. The number of nitrogens with zero attached hydrogens (tertiary/aromatic N) is 1. The van der Waals surface area contributed by atoms with Gasteiger partial charge in [-0.15, -0.1) is 0 Å². The predicted octanol–water partition coefficient (Wildman–Crippen LogP) is -0.708. The van der Waals surface area contributed by atoms with E-state index >= 15 is 0 Å². The second kappa shape index (κ2) is 5.19. The molecule has 2 fully saturated rings. The molecule has 0 radical (unpaired) electrons. The van der Waals surface area contributed by atoms with Crippen molar-refractivity contribution in [2.75, 3.05) is 26.2 Å². The Morgan fingerprint density at radius 2 is 1.94 bits per heavy atom. The summed E-state index contributed by atoms with van der Waals surface area (Å²) in [5.41, 5.74) is 0. The van der Waals surface area contributed by atoms with Gasteiger partial charge in [0.2, 0.25) is 0 Å². The minimum absolute atomic E-state index is 0.0217. The van der Waals surface area contributed by atoms with E-state index in [0.29, 0.717) is 19.6 Å². The number of hydrogen-bond acceptors (Lipinski definition) is 4. The zero-order chi connectivity index (χ0) is 12.5. The van der Waals surface area contributed by atoms with Gasteiger partial charge in [-0.1, -0.05) is 0 Å². The van der Waals surface area contributed by atoms with Gasteiger partial charge in [-0.25, -0.2) is 0 Å². The number of hydrogen-bond donors (Lipinski definition) is 2. The lowest BCUT2D eigenvalue weighted by molar-refractivity contribution is -0.0444. The summed E-state index contributed by atoms with van der Waals surface area (Å²) in [5, 5.41) is 3.15. The SMILES string of the molecule is C[C@@H]1CN(S(=O)(=O)N[C@@H]2CCNC2)C[C@H](C)O1. The van der Waals surface area contributed by atoms with Gasteiger partial charge in [0, 0.05) is 25.7 Å². The normalized spacial score (nSPS) is 36.2. The standard InChI is InChI=1S/C10H21N3O3S/c1-8-6-13(7-9(2)16-8)17(14,15)12-10-3-4-11-5-10/h8-12H,3-7H2,1-2H3/t8-,9+,10-/m1/s1. The van der Waals surface area contributed by atoms with E-state index in [0.717, 1.165) is 13.0 Å². The van der Waals surface area contributed by atoms with Gasteiger partial charge in [-0.3, -0.25) is 0 Å². The van der Waals surface area contributed by atoms with Crippen LogP contribution in [0.1, 0.15) is 20.3 Å². The van der Waals surface area contributed by atoms with Gasteiger partial charge in [0.1, 0.15) is 0 Å². The summed E-state index contributed by atoms with van der Waals surface area (Å²) in [6, 6.07) is 0.0217. The topological polar surface area (TPSA) is 70.7 Å². The van der Waals surface area contributed by atoms with Crippen LogP contribution in [-0.2, 0) is 14.9 Å². The monoisotopic (exact) mass is 263 g/mol. The second-order valence-corrected chi connectivity index (χ2v) is 6.59. The Kier molecular flexibility index (Phi) is 4.04. The molecule has 2 aliphatic rings. The second-order valence-electron chi connectivity index (χ2n) is 4.89. The maximum atomic E-state index is 12.2. The van der Waals surface area contributed by atoms with Crippen LogP contribution >= 0.6 is 0 Å². The molecule has 0 bridgehead atoms. The lowest BCUT2D eigenvalue weighted by Crippen LogP contribution is -2.53. The molecule has 0 aromatic carbocycles. The zero-order valence-corrected chi connectivity index (χ0v) is 11.2. The fourth-order valence-corrected chi connectivity index (χ4v) is 3.95. The number of ether oxygens (including phenoxy) is 1. The average Bonchev–Trinajstić information content (AvgIpc) is 2.68. The van der Waals surface area contributed by atoms with Crippen LogP contribution in [0.3, 0.4) is 0 Å². The maximum absolute atomic E-state index is 12.2. The number of nitrogens with one attached hydrogen (secondary N) is 2. The van der Waals surface area contributed by atoms with Crippen LogP contribution in [-0.4, -0.2) is 57.2 Å². The Morgan fingerprint density at radius 1 is 1.29 bits per heavy atom. The maximum Gasteiger partial charge on any atom is 0.279 e.